The van der Waals surface area contributed by atoms with Crippen molar-refractivity contribution < 1.29 is 23.7 Å². The summed E-state index contributed by atoms with van der Waals surface area (Å²) in [7, 11) is 0. The summed E-state index contributed by atoms with van der Waals surface area (Å²) < 4.78 is 22.7. The number of ether oxygens (including phenoxy) is 3. The van der Waals surface area contributed by atoms with Crippen molar-refractivity contribution in [1.82, 2.24) is 0 Å². The van der Waals surface area contributed by atoms with Gasteiger partial charge in [0.2, 0.25) is 5.90 Å². The van der Waals surface area contributed by atoms with E-state index in [-0.39, 0.29) is 0 Å². The van der Waals surface area contributed by atoms with E-state index in [1.165, 1.54) is 0 Å². The molecular weight excluding hydrogens is 442 g/mol. The monoisotopic (exact) mass is 469 g/mol. The van der Waals surface area contributed by atoms with Gasteiger partial charge < -0.3 is 23.7 Å². The molecule has 178 valence electrons. The molecule has 2 aliphatic rings. The van der Waals surface area contributed by atoms with Gasteiger partial charge in [-0.2, -0.15) is 0 Å². The summed E-state index contributed by atoms with van der Waals surface area (Å²) in [5, 5.41) is 13.2. The molecule has 1 aromatic heterocycles. The van der Waals surface area contributed by atoms with E-state index >= 15 is 0 Å². The first kappa shape index (κ1) is 21.9. The summed E-state index contributed by atoms with van der Waals surface area (Å²) in [5.41, 5.74) is 4.12. The molecule has 0 radical (unpaired) electrons. The Morgan fingerprint density at radius 3 is 2.66 bits per heavy atom. The molecule has 4 aromatic rings. The van der Waals surface area contributed by atoms with Crippen molar-refractivity contribution in [3.05, 3.63) is 89.9 Å². The second-order valence-electron chi connectivity index (χ2n) is 9.09. The van der Waals surface area contributed by atoms with Crippen molar-refractivity contribution in [1.29, 1.82) is 0 Å². The number of hydrogen-bond donors (Lipinski definition) is 1. The number of aliphatic imine (C=N–C) groups is 1. The lowest BCUT2D eigenvalue weighted by Gasteiger charge is -2.32. The van der Waals surface area contributed by atoms with Gasteiger partial charge in [0.1, 0.15) is 19.0 Å². The highest BCUT2D eigenvalue weighted by Crippen LogP contribution is 2.35. The van der Waals surface area contributed by atoms with Gasteiger partial charge >= 0.3 is 0 Å². The van der Waals surface area contributed by atoms with Crippen molar-refractivity contribution in [3.63, 3.8) is 0 Å². The Labute approximate surface area is 203 Å². The zero-order valence-electron chi connectivity index (χ0n) is 19.4. The van der Waals surface area contributed by atoms with Crippen LogP contribution in [0.15, 0.2) is 82.6 Å². The largest absolute Gasteiger partial charge is 0.489 e. The first-order valence-corrected chi connectivity index (χ1v) is 12.0. The molecule has 0 amide bonds. The van der Waals surface area contributed by atoms with Crippen LogP contribution in [0.1, 0.15) is 29.5 Å². The molecule has 2 aliphatic heterocycles. The molecular formula is C29H27NO5. The first-order chi connectivity index (χ1) is 17.2. The van der Waals surface area contributed by atoms with Crippen LogP contribution >= 0.6 is 0 Å². The van der Waals surface area contributed by atoms with Crippen LogP contribution in [0.2, 0.25) is 0 Å². The maximum Gasteiger partial charge on any atom is 0.216 e. The van der Waals surface area contributed by atoms with Gasteiger partial charge in [0, 0.05) is 37.2 Å². The van der Waals surface area contributed by atoms with Crippen molar-refractivity contribution >= 4 is 16.7 Å². The maximum atomic E-state index is 11.0. The normalized spacial score (nSPS) is 17.2. The summed E-state index contributed by atoms with van der Waals surface area (Å²) in [6, 6.07) is 20.3. The van der Waals surface area contributed by atoms with Crippen LogP contribution in [-0.4, -0.2) is 37.4 Å². The lowest BCUT2D eigenvalue weighted by atomic mass is 9.86. The predicted octanol–water partition coefficient (Wildman–Crippen LogP) is 5.45. The molecule has 6 heteroatoms. The summed E-state index contributed by atoms with van der Waals surface area (Å²) >= 11 is 0. The smallest absolute Gasteiger partial charge is 0.216 e. The van der Waals surface area contributed by atoms with E-state index in [0.29, 0.717) is 51.7 Å². The minimum Gasteiger partial charge on any atom is -0.489 e. The predicted molar refractivity (Wildman–Crippen MR) is 134 cm³/mol. The fourth-order valence-corrected chi connectivity index (χ4v) is 4.84. The third kappa shape index (κ3) is 4.43. The third-order valence-electron chi connectivity index (χ3n) is 6.78. The minimum absolute atomic E-state index is 0.413. The molecule has 0 bridgehead atoms. The SMILES string of the molecule is OC1(c2cccc(COc3ccc4c(-c5ccoc5)cc(C5=NCCO5)cc4c3)c2)CCOCC1. The van der Waals surface area contributed by atoms with E-state index in [9.17, 15) is 5.11 Å². The molecule has 3 aromatic carbocycles. The van der Waals surface area contributed by atoms with Crippen molar-refractivity contribution in [2.45, 2.75) is 25.0 Å². The van der Waals surface area contributed by atoms with E-state index in [1.54, 1.807) is 12.5 Å². The van der Waals surface area contributed by atoms with E-state index in [4.69, 9.17) is 18.6 Å². The Bertz CT molecular complexity index is 1370. The molecule has 0 aliphatic carbocycles. The zero-order chi connectivity index (χ0) is 23.7. The number of furan rings is 1. The van der Waals surface area contributed by atoms with Crippen LogP contribution in [0.4, 0.5) is 0 Å². The summed E-state index contributed by atoms with van der Waals surface area (Å²) in [5.74, 6) is 1.45. The number of nitrogens with zero attached hydrogens (tertiary/aromatic N) is 1. The van der Waals surface area contributed by atoms with Crippen LogP contribution in [0.3, 0.4) is 0 Å². The van der Waals surface area contributed by atoms with E-state index < -0.39 is 5.60 Å². The van der Waals surface area contributed by atoms with Gasteiger partial charge in [-0.15, -0.1) is 0 Å². The Hall–Kier alpha value is -3.61. The number of hydrogen-bond acceptors (Lipinski definition) is 6. The van der Waals surface area contributed by atoms with Gasteiger partial charge in [0.25, 0.3) is 0 Å². The molecule has 1 fully saturated rings. The number of rotatable bonds is 6. The van der Waals surface area contributed by atoms with Crippen LogP contribution in [0, 0.1) is 0 Å². The molecule has 6 rings (SSSR count). The quantitative estimate of drug-likeness (QED) is 0.406. The fourth-order valence-electron chi connectivity index (χ4n) is 4.84. The van der Waals surface area contributed by atoms with Crippen LogP contribution in [0.5, 0.6) is 5.75 Å². The molecule has 0 saturated carbocycles. The number of benzene rings is 3. The molecule has 6 nitrogen and oxygen atoms in total. The molecule has 3 heterocycles. The average molecular weight is 470 g/mol. The second-order valence-corrected chi connectivity index (χ2v) is 9.09. The third-order valence-corrected chi connectivity index (χ3v) is 6.78. The van der Waals surface area contributed by atoms with Crippen LogP contribution < -0.4 is 4.74 Å². The fraction of sp³-hybridized carbons (Fsp3) is 0.276. The summed E-state index contributed by atoms with van der Waals surface area (Å²) in [4.78, 5) is 4.50. The standard InChI is InChI=1S/C29H27NO5/c31-29(7-11-32-12-8-29)24-3-1-2-20(14-24)18-35-25-4-5-26-22(16-25)15-23(28-30-9-13-34-28)17-27(26)21-6-10-33-19-21/h1-6,10,14-17,19,31H,7-9,11-13,18H2. The van der Waals surface area contributed by atoms with E-state index in [1.807, 2.05) is 42.5 Å². The topological polar surface area (TPSA) is 73.4 Å². The highest BCUT2D eigenvalue weighted by Gasteiger charge is 2.31. The van der Waals surface area contributed by atoms with Gasteiger partial charge in [-0.3, -0.25) is 0 Å². The van der Waals surface area contributed by atoms with Crippen molar-refractivity contribution in [2.24, 2.45) is 4.99 Å². The molecule has 1 N–H and O–H groups in total. The zero-order valence-corrected chi connectivity index (χ0v) is 19.4. The van der Waals surface area contributed by atoms with Gasteiger partial charge in [0.15, 0.2) is 0 Å². The Morgan fingerprint density at radius 1 is 0.943 bits per heavy atom. The highest BCUT2D eigenvalue weighted by atomic mass is 16.5. The van der Waals surface area contributed by atoms with E-state index in [0.717, 1.165) is 44.3 Å². The lowest BCUT2D eigenvalue weighted by molar-refractivity contribution is -0.0679. The average Bonchev–Trinajstić information content (AvgIpc) is 3.62. The van der Waals surface area contributed by atoms with Crippen molar-refractivity contribution in [2.75, 3.05) is 26.4 Å². The molecule has 35 heavy (non-hydrogen) atoms. The first-order valence-electron chi connectivity index (χ1n) is 12.0. The second kappa shape index (κ2) is 9.21. The minimum atomic E-state index is -0.831. The molecule has 0 spiro atoms. The van der Waals surface area contributed by atoms with Crippen LogP contribution in [-0.2, 0) is 21.7 Å². The lowest BCUT2D eigenvalue weighted by Crippen LogP contribution is -2.33. The Morgan fingerprint density at radius 2 is 1.86 bits per heavy atom. The molecule has 0 unspecified atom stereocenters. The summed E-state index contributed by atoms with van der Waals surface area (Å²) in [6.07, 6.45) is 4.65. The Kier molecular flexibility index (Phi) is 5.76. The maximum absolute atomic E-state index is 11.0. The van der Waals surface area contributed by atoms with E-state index in [2.05, 4.69) is 23.2 Å². The van der Waals surface area contributed by atoms with Crippen molar-refractivity contribution in [3.8, 4) is 16.9 Å². The van der Waals surface area contributed by atoms with Gasteiger partial charge in [-0.05, 0) is 63.9 Å². The van der Waals surface area contributed by atoms with Gasteiger partial charge in [-0.1, -0.05) is 24.3 Å². The van der Waals surface area contributed by atoms with Crippen LogP contribution in [0.25, 0.3) is 21.9 Å². The summed E-state index contributed by atoms with van der Waals surface area (Å²) in [6.45, 7) is 2.86. The van der Waals surface area contributed by atoms with Gasteiger partial charge in [0.05, 0.1) is 24.7 Å². The molecule has 0 atom stereocenters. The molecule has 1 saturated heterocycles. The highest BCUT2D eigenvalue weighted by molar-refractivity contribution is 6.05. The Balaban J connectivity index is 1.28. The number of aliphatic hydroxyl groups is 1. The van der Waals surface area contributed by atoms with Gasteiger partial charge in [-0.25, -0.2) is 4.99 Å². The number of fused-ring (bicyclic) bond motifs is 1.